The largest absolute Gasteiger partial charge is 0.493 e. The van der Waals surface area contributed by atoms with E-state index < -0.39 is 0 Å². The van der Waals surface area contributed by atoms with Gasteiger partial charge in [-0.3, -0.25) is 10.1 Å². The highest BCUT2D eigenvalue weighted by molar-refractivity contribution is 5.42. The van der Waals surface area contributed by atoms with E-state index >= 15 is 0 Å². The summed E-state index contributed by atoms with van der Waals surface area (Å²) in [4.78, 5) is 10.4. The van der Waals surface area contributed by atoms with E-state index in [1.807, 2.05) is 6.92 Å². The summed E-state index contributed by atoms with van der Waals surface area (Å²) in [6, 6.07) is 4.78. The number of non-ortho nitro benzene ring substituents is 1. The predicted octanol–water partition coefficient (Wildman–Crippen LogP) is 7.76. The molecule has 1 aromatic rings. The molecule has 0 aliphatic heterocycles. The van der Waals surface area contributed by atoms with Crippen LogP contribution in [0.25, 0.3) is 0 Å². The van der Waals surface area contributed by atoms with Gasteiger partial charge in [0.1, 0.15) is 5.75 Å². The Labute approximate surface area is 165 Å². The van der Waals surface area contributed by atoms with Crippen molar-refractivity contribution in [2.45, 2.75) is 104 Å². The first kappa shape index (κ1) is 23.5. The van der Waals surface area contributed by atoms with Gasteiger partial charge in [0.15, 0.2) is 0 Å². The van der Waals surface area contributed by atoms with E-state index in [2.05, 4.69) is 6.92 Å². The monoisotopic (exact) mass is 377 g/mol. The van der Waals surface area contributed by atoms with Crippen molar-refractivity contribution in [2.24, 2.45) is 0 Å². The average molecular weight is 378 g/mol. The Bertz CT molecular complexity index is 516. The Morgan fingerprint density at radius 3 is 1.74 bits per heavy atom. The number of nitrogens with zero attached hydrogens (tertiary/aromatic N) is 1. The lowest BCUT2D eigenvalue weighted by Gasteiger charge is -2.08. The van der Waals surface area contributed by atoms with Gasteiger partial charge < -0.3 is 4.74 Å². The van der Waals surface area contributed by atoms with Crippen LogP contribution in [0.15, 0.2) is 18.2 Å². The zero-order valence-electron chi connectivity index (χ0n) is 17.5. The number of benzene rings is 1. The van der Waals surface area contributed by atoms with Gasteiger partial charge in [-0.15, -0.1) is 0 Å². The van der Waals surface area contributed by atoms with Crippen molar-refractivity contribution >= 4 is 5.69 Å². The van der Waals surface area contributed by atoms with Crippen molar-refractivity contribution in [1.29, 1.82) is 0 Å². The van der Waals surface area contributed by atoms with Crippen LogP contribution >= 0.6 is 0 Å². The van der Waals surface area contributed by atoms with Crippen LogP contribution in [0.1, 0.15) is 102 Å². The third-order valence-corrected chi connectivity index (χ3v) is 5.12. The second-order valence-corrected chi connectivity index (χ2v) is 7.65. The van der Waals surface area contributed by atoms with Crippen LogP contribution in [0.2, 0.25) is 0 Å². The first-order valence-corrected chi connectivity index (χ1v) is 11.0. The molecule has 1 aromatic carbocycles. The topological polar surface area (TPSA) is 52.4 Å². The standard InChI is InChI=1S/C23H39NO3/c1-3-4-5-6-7-8-9-10-11-12-13-14-15-16-19-27-23-18-17-22(24(25)26)20-21(23)2/h17-18,20H,3-16,19H2,1-2H3. The number of rotatable bonds is 17. The van der Waals surface area contributed by atoms with Crippen molar-refractivity contribution in [2.75, 3.05) is 6.61 Å². The minimum atomic E-state index is -0.371. The number of ether oxygens (including phenoxy) is 1. The van der Waals surface area contributed by atoms with Crippen molar-refractivity contribution in [3.8, 4) is 5.75 Å². The second kappa shape index (κ2) is 15.5. The number of nitro benzene ring substituents is 1. The molecule has 0 aliphatic rings. The maximum Gasteiger partial charge on any atom is 0.269 e. The molecule has 0 aliphatic carbocycles. The van der Waals surface area contributed by atoms with Crippen LogP contribution in [0.3, 0.4) is 0 Å². The molecule has 1 rings (SSSR count). The van der Waals surface area contributed by atoms with Crippen LogP contribution in [0, 0.1) is 17.0 Å². The van der Waals surface area contributed by atoms with E-state index in [1.165, 1.54) is 89.5 Å². The zero-order chi connectivity index (χ0) is 19.7. The van der Waals surface area contributed by atoms with Crippen LogP contribution in [-0.2, 0) is 0 Å². The maximum atomic E-state index is 10.7. The van der Waals surface area contributed by atoms with Crippen molar-refractivity contribution in [1.82, 2.24) is 0 Å². The van der Waals surface area contributed by atoms with E-state index in [0.29, 0.717) is 6.61 Å². The lowest BCUT2D eigenvalue weighted by molar-refractivity contribution is -0.384. The Morgan fingerprint density at radius 1 is 0.815 bits per heavy atom. The summed E-state index contributed by atoms with van der Waals surface area (Å²) in [5, 5.41) is 10.7. The quantitative estimate of drug-likeness (QED) is 0.158. The van der Waals surface area contributed by atoms with E-state index in [0.717, 1.165) is 17.7 Å². The van der Waals surface area contributed by atoms with Gasteiger partial charge in [-0.1, -0.05) is 90.4 Å². The lowest BCUT2D eigenvalue weighted by atomic mass is 10.0. The van der Waals surface area contributed by atoms with Crippen LogP contribution in [-0.4, -0.2) is 11.5 Å². The molecule has 4 nitrogen and oxygen atoms in total. The Morgan fingerprint density at radius 2 is 1.30 bits per heavy atom. The summed E-state index contributed by atoms with van der Waals surface area (Å²) in [5.41, 5.74) is 0.950. The fourth-order valence-electron chi connectivity index (χ4n) is 3.39. The summed E-state index contributed by atoms with van der Waals surface area (Å²) in [5.74, 6) is 0.760. The normalized spacial score (nSPS) is 10.9. The fourth-order valence-corrected chi connectivity index (χ4v) is 3.39. The highest BCUT2D eigenvalue weighted by atomic mass is 16.6. The van der Waals surface area contributed by atoms with Crippen molar-refractivity contribution < 1.29 is 9.66 Å². The number of hydrogen-bond donors (Lipinski definition) is 0. The molecule has 0 heterocycles. The van der Waals surface area contributed by atoms with Gasteiger partial charge in [-0.05, 0) is 25.0 Å². The number of nitro groups is 1. The van der Waals surface area contributed by atoms with Gasteiger partial charge in [-0.2, -0.15) is 0 Å². The number of aryl methyl sites for hydroxylation is 1. The van der Waals surface area contributed by atoms with Gasteiger partial charge in [0.05, 0.1) is 11.5 Å². The molecule has 0 saturated carbocycles. The molecule has 154 valence electrons. The first-order valence-electron chi connectivity index (χ1n) is 11.0. The van der Waals surface area contributed by atoms with Crippen LogP contribution in [0.4, 0.5) is 5.69 Å². The minimum Gasteiger partial charge on any atom is -0.493 e. The SMILES string of the molecule is CCCCCCCCCCCCCCCCOc1ccc([N+](=O)[O-])cc1C. The highest BCUT2D eigenvalue weighted by Gasteiger charge is 2.08. The number of unbranched alkanes of at least 4 members (excludes halogenated alkanes) is 13. The van der Waals surface area contributed by atoms with Gasteiger partial charge in [0.25, 0.3) is 5.69 Å². The molecule has 0 radical (unpaired) electrons. The summed E-state index contributed by atoms with van der Waals surface area (Å²) in [7, 11) is 0. The molecule has 0 fully saturated rings. The van der Waals surface area contributed by atoms with Crippen LogP contribution < -0.4 is 4.74 Å². The van der Waals surface area contributed by atoms with E-state index in [1.54, 1.807) is 12.1 Å². The Kier molecular flexibility index (Phi) is 13.4. The van der Waals surface area contributed by atoms with Crippen molar-refractivity contribution in [3.63, 3.8) is 0 Å². The third-order valence-electron chi connectivity index (χ3n) is 5.12. The molecule has 0 unspecified atom stereocenters. The molecule has 0 atom stereocenters. The van der Waals surface area contributed by atoms with Gasteiger partial charge in [-0.25, -0.2) is 0 Å². The predicted molar refractivity (Wildman–Crippen MR) is 114 cm³/mol. The molecule has 0 amide bonds. The molecule has 0 aromatic heterocycles. The summed E-state index contributed by atoms with van der Waals surface area (Å²) >= 11 is 0. The van der Waals surface area contributed by atoms with Gasteiger partial charge in [0.2, 0.25) is 0 Å². The Balaban J connectivity index is 1.90. The summed E-state index contributed by atoms with van der Waals surface area (Å²) in [6.07, 6.45) is 18.8. The third kappa shape index (κ3) is 11.7. The van der Waals surface area contributed by atoms with E-state index in [4.69, 9.17) is 4.74 Å². The molecule has 27 heavy (non-hydrogen) atoms. The maximum absolute atomic E-state index is 10.7. The zero-order valence-corrected chi connectivity index (χ0v) is 17.5. The van der Waals surface area contributed by atoms with Crippen LogP contribution in [0.5, 0.6) is 5.75 Å². The van der Waals surface area contributed by atoms with Gasteiger partial charge >= 0.3 is 0 Å². The Hall–Kier alpha value is -1.58. The van der Waals surface area contributed by atoms with Gasteiger partial charge in [0, 0.05) is 12.1 Å². The number of hydrogen-bond acceptors (Lipinski definition) is 3. The summed E-state index contributed by atoms with van der Waals surface area (Å²) < 4.78 is 5.76. The molecular weight excluding hydrogens is 338 g/mol. The average Bonchev–Trinajstić information content (AvgIpc) is 2.65. The fraction of sp³-hybridized carbons (Fsp3) is 0.739. The summed E-state index contributed by atoms with van der Waals surface area (Å²) in [6.45, 7) is 4.82. The molecule has 0 bridgehead atoms. The molecule has 4 heteroatoms. The highest BCUT2D eigenvalue weighted by Crippen LogP contribution is 2.23. The molecule has 0 saturated heterocycles. The van der Waals surface area contributed by atoms with E-state index in [9.17, 15) is 10.1 Å². The smallest absolute Gasteiger partial charge is 0.269 e. The van der Waals surface area contributed by atoms with Crippen molar-refractivity contribution in [3.05, 3.63) is 33.9 Å². The lowest BCUT2D eigenvalue weighted by Crippen LogP contribution is -1.99. The second-order valence-electron chi connectivity index (χ2n) is 7.65. The van der Waals surface area contributed by atoms with E-state index in [-0.39, 0.29) is 10.6 Å². The molecule has 0 N–H and O–H groups in total. The molecule has 0 spiro atoms. The minimum absolute atomic E-state index is 0.122. The first-order chi connectivity index (χ1) is 13.1. The molecular formula is C23H39NO3.